The first-order chi connectivity index (χ1) is 7.79. The molecule has 2 aromatic heterocycles. The average Bonchev–Trinajstić information content (AvgIpc) is 2.74. The zero-order valence-electron chi connectivity index (χ0n) is 8.96. The number of rotatable bonds is 3. The Kier molecular flexibility index (Phi) is 3.00. The Morgan fingerprint density at radius 2 is 2.44 bits per heavy atom. The molecule has 0 radical (unpaired) electrons. The van der Waals surface area contributed by atoms with Crippen molar-refractivity contribution in [3.63, 3.8) is 0 Å². The van der Waals surface area contributed by atoms with E-state index in [0.29, 0.717) is 6.61 Å². The maximum Gasteiger partial charge on any atom is 0.330 e. The number of aromatic nitrogens is 2. The van der Waals surface area contributed by atoms with Gasteiger partial charge in [-0.15, -0.1) is 0 Å². The molecule has 0 saturated carbocycles. The summed E-state index contributed by atoms with van der Waals surface area (Å²) in [6.45, 7) is 2.17. The molecule has 82 valence electrons. The number of imidazole rings is 1. The summed E-state index contributed by atoms with van der Waals surface area (Å²) in [5.74, 6) is -0.328. The van der Waals surface area contributed by atoms with Crippen molar-refractivity contribution in [1.82, 2.24) is 9.38 Å². The number of carbonyl (C=O) groups is 1. The van der Waals surface area contributed by atoms with Crippen LogP contribution in [0.15, 0.2) is 36.8 Å². The van der Waals surface area contributed by atoms with Crippen LogP contribution in [0.2, 0.25) is 0 Å². The number of ether oxygens (including phenoxy) is 1. The summed E-state index contributed by atoms with van der Waals surface area (Å²) < 4.78 is 6.69. The molecule has 16 heavy (non-hydrogen) atoms. The highest BCUT2D eigenvalue weighted by atomic mass is 16.5. The zero-order chi connectivity index (χ0) is 11.4. The van der Waals surface area contributed by atoms with Crippen LogP contribution in [0, 0.1) is 0 Å². The van der Waals surface area contributed by atoms with Crippen molar-refractivity contribution in [2.45, 2.75) is 6.92 Å². The van der Waals surface area contributed by atoms with Gasteiger partial charge in [0.05, 0.1) is 6.61 Å². The van der Waals surface area contributed by atoms with Gasteiger partial charge in [0.25, 0.3) is 0 Å². The second kappa shape index (κ2) is 4.61. The average molecular weight is 216 g/mol. The van der Waals surface area contributed by atoms with Gasteiger partial charge in [0.2, 0.25) is 0 Å². The lowest BCUT2D eigenvalue weighted by Crippen LogP contribution is -1.98. The van der Waals surface area contributed by atoms with Gasteiger partial charge in [-0.1, -0.05) is 0 Å². The van der Waals surface area contributed by atoms with E-state index in [4.69, 9.17) is 4.74 Å². The highest BCUT2D eigenvalue weighted by Gasteiger charge is 1.96. The minimum Gasteiger partial charge on any atom is -0.463 e. The summed E-state index contributed by atoms with van der Waals surface area (Å²) in [5, 5.41) is 0. The number of pyridine rings is 1. The molecular weight excluding hydrogens is 204 g/mol. The van der Waals surface area contributed by atoms with Crippen LogP contribution < -0.4 is 0 Å². The lowest BCUT2D eigenvalue weighted by molar-refractivity contribution is -0.137. The smallest absolute Gasteiger partial charge is 0.330 e. The van der Waals surface area contributed by atoms with Crippen LogP contribution in [0.1, 0.15) is 12.5 Å². The third-order valence-electron chi connectivity index (χ3n) is 2.12. The SMILES string of the molecule is CCOC(=O)C=Cc1ccn2ccnc2c1. The molecule has 0 aliphatic carbocycles. The van der Waals surface area contributed by atoms with Crippen LogP contribution in [-0.4, -0.2) is 22.0 Å². The van der Waals surface area contributed by atoms with Crippen LogP contribution in [0.5, 0.6) is 0 Å². The fraction of sp³-hybridized carbons (Fsp3) is 0.167. The van der Waals surface area contributed by atoms with Gasteiger partial charge in [0.15, 0.2) is 0 Å². The van der Waals surface area contributed by atoms with Crippen molar-refractivity contribution < 1.29 is 9.53 Å². The zero-order valence-corrected chi connectivity index (χ0v) is 8.96. The van der Waals surface area contributed by atoms with E-state index in [0.717, 1.165) is 11.2 Å². The summed E-state index contributed by atoms with van der Waals surface area (Å²) >= 11 is 0. The van der Waals surface area contributed by atoms with Gasteiger partial charge in [-0.25, -0.2) is 9.78 Å². The molecular formula is C12H12N2O2. The first kappa shape index (κ1) is 10.4. The minimum atomic E-state index is -0.328. The molecule has 0 N–H and O–H groups in total. The Morgan fingerprint density at radius 1 is 1.56 bits per heavy atom. The van der Waals surface area contributed by atoms with Gasteiger partial charge >= 0.3 is 5.97 Å². The van der Waals surface area contributed by atoms with E-state index in [2.05, 4.69) is 4.98 Å². The molecule has 2 rings (SSSR count). The maximum atomic E-state index is 11.1. The summed E-state index contributed by atoms with van der Waals surface area (Å²) in [6.07, 6.45) is 8.63. The van der Waals surface area contributed by atoms with Crippen molar-refractivity contribution in [2.24, 2.45) is 0 Å². The molecule has 4 heteroatoms. The maximum absolute atomic E-state index is 11.1. The highest BCUT2D eigenvalue weighted by Crippen LogP contribution is 2.07. The second-order valence-corrected chi connectivity index (χ2v) is 3.24. The number of esters is 1. The molecule has 2 heterocycles. The summed E-state index contributed by atoms with van der Waals surface area (Å²) in [7, 11) is 0. The number of carbonyl (C=O) groups excluding carboxylic acids is 1. The molecule has 0 fully saturated rings. The molecule has 0 spiro atoms. The Labute approximate surface area is 93.2 Å². The topological polar surface area (TPSA) is 43.6 Å². The number of fused-ring (bicyclic) bond motifs is 1. The molecule has 0 aliphatic heterocycles. The number of hydrogen-bond donors (Lipinski definition) is 0. The Bertz CT molecular complexity index is 529. The molecule has 0 bridgehead atoms. The van der Waals surface area contributed by atoms with Gasteiger partial charge in [-0.3, -0.25) is 0 Å². The van der Waals surface area contributed by atoms with E-state index in [-0.39, 0.29) is 5.97 Å². The Hall–Kier alpha value is -2.10. The van der Waals surface area contributed by atoms with Gasteiger partial charge in [-0.05, 0) is 30.7 Å². The third kappa shape index (κ3) is 2.28. The van der Waals surface area contributed by atoms with Crippen LogP contribution in [0.25, 0.3) is 11.7 Å². The molecule has 2 aromatic rings. The molecule has 0 atom stereocenters. The van der Waals surface area contributed by atoms with Crippen LogP contribution >= 0.6 is 0 Å². The van der Waals surface area contributed by atoms with Gasteiger partial charge in [0, 0.05) is 24.7 Å². The normalized spacial score (nSPS) is 11.1. The van der Waals surface area contributed by atoms with Crippen molar-refractivity contribution in [1.29, 1.82) is 0 Å². The second-order valence-electron chi connectivity index (χ2n) is 3.24. The molecule has 0 unspecified atom stereocenters. The first-order valence-corrected chi connectivity index (χ1v) is 5.07. The molecule has 4 nitrogen and oxygen atoms in total. The predicted molar refractivity (Wildman–Crippen MR) is 60.9 cm³/mol. The van der Waals surface area contributed by atoms with E-state index >= 15 is 0 Å². The monoisotopic (exact) mass is 216 g/mol. The van der Waals surface area contributed by atoms with Crippen LogP contribution in [0.4, 0.5) is 0 Å². The third-order valence-corrected chi connectivity index (χ3v) is 2.12. The minimum absolute atomic E-state index is 0.328. The van der Waals surface area contributed by atoms with Crippen molar-refractivity contribution in [3.05, 3.63) is 42.4 Å². The van der Waals surface area contributed by atoms with Crippen molar-refractivity contribution >= 4 is 17.7 Å². The summed E-state index contributed by atoms with van der Waals surface area (Å²) in [5.41, 5.74) is 1.78. The lowest BCUT2D eigenvalue weighted by atomic mass is 10.2. The standard InChI is InChI=1S/C12H12N2O2/c1-2-16-12(15)4-3-10-5-7-14-8-6-13-11(14)9-10/h3-9H,2H2,1H3. The van der Waals surface area contributed by atoms with Crippen molar-refractivity contribution in [3.8, 4) is 0 Å². The summed E-state index contributed by atoms with van der Waals surface area (Å²) in [6, 6.07) is 3.81. The van der Waals surface area contributed by atoms with E-state index in [1.54, 1.807) is 19.2 Å². The van der Waals surface area contributed by atoms with Gasteiger partial charge < -0.3 is 9.14 Å². The van der Waals surface area contributed by atoms with Crippen LogP contribution in [0.3, 0.4) is 0 Å². The highest BCUT2D eigenvalue weighted by molar-refractivity contribution is 5.87. The first-order valence-electron chi connectivity index (χ1n) is 5.07. The fourth-order valence-corrected chi connectivity index (χ4v) is 1.38. The van der Waals surface area contributed by atoms with E-state index in [1.165, 1.54) is 6.08 Å². The number of nitrogens with zero attached hydrogens (tertiary/aromatic N) is 2. The van der Waals surface area contributed by atoms with Crippen molar-refractivity contribution in [2.75, 3.05) is 6.61 Å². The molecule has 0 amide bonds. The quantitative estimate of drug-likeness (QED) is 0.581. The van der Waals surface area contributed by atoms with E-state index < -0.39 is 0 Å². The fourth-order valence-electron chi connectivity index (χ4n) is 1.38. The predicted octanol–water partition coefficient (Wildman–Crippen LogP) is 1.91. The molecule has 0 aromatic carbocycles. The van der Waals surface area contributed by atoms with E-state index in [9.17, 15) is 4.79 Å². The van der Waals surface area contributed by atoms with Crippen LogP contribution in [-0.2, 0) is 9.53 Å². The largest absolute Gasteiger partial charge is 0.463 e. The van der Waals surface area contributed by atoms with Gasteiger partial charge in [-0.2, -0.15) is 0 Å². The lowest BCUT2D eigenvalue weighted by Gasteiger charge is -1.97. The Balaban J connectivity index is 2.17. The Morgan fingerprint density at radius 3 is 3.25 bits per heavy atom. The number of hydrogen-bond acceptors (Lipinski definition) is 3. The molecule has 0 aliphatic rings. The van der Waals surface area contributed by atoms with Gasteiger partial charge in [0.1, 0.15) is 5.65 Å². The van der Waals surface area contributed by atoms with E-state index in [1.807, 2.05) is 28.9 Å². The molecule has 0 saturated heterocycles. The summed E-state index contributed by atoms with van der Waals surface area (Å²) in [4.78, 5) is 15.3.